The zero-order valence-corrected chi connectivity index (χ0v) is 12.7. The van der Waals surface area contributed by atoms with E-state index in [1.807, 2.05) is 30.8 Å². The molecule has 0 unspecified atom stereocenters. The molecule has 0 aromatic carbocycles. The smallest absolute Gasteiger partial charge is 0.243 e. The fourth-order valence-corrected chi connectivity index (χ4v) is 2.01. The molecule has 7 nitrogen and oxygen atoms in total. The third-order valence-corrected chi connectivity index (χ3v) is 3.45. The summed E-state index contributed by atoms with van der Waals surface area (Å²) in [6.07, 6.45) is 3.65. The summed E-state index contributed by atoms with van der Waals surface area (Å²) in [7, 11) is 0. The SMILES string of the molecule is Cc1cc(NC(=O)[C@H](C)N[C@@H](C)[C@@H](C)n2cccn2)on1. The first kappa shape index (κ1) is 15.2. The molecule has 0 aliphatic heterocycles. The molecule has 2 N–H and O–H groups in total. The van der Waals surface area contributed by atoms with E-state index in [9.17, 15) is 4.79 Å². The molecule has 0 aliphatic rings. The van der Waals surface area contributed by atoms with Gasteiger partial charge in [-0.15, -0.1) is 0 Å². The number of aromatic nitrogens is 3. The highest BCUT2D eigenvalue weighted by Gasteiger charge is 2.21. The number of nitrogens with zero attached hydrogens (tertiary/aromatic N) is 3. The van der Waals surface area contributed by atoms with E-state index in [0.29, 0.717) is 5.88 Å². The topological polar surface area (TPSA) is 85.0 Å². The number of carbonyl (C=O) groups excluding carboxylic acids is 1. The minimum absolute atomic E-state index is 0.0853. The standard InChI is InChI=1S/C14H21N5O2/c1-9-8-13(21-18-9)17-14(20)11(3)16-10(2)12(4)19-7-5-6-15-19/h5-8,10-12,16H,1-4H3,(H,17,20)/t10-,11-,12+/m0/s1. The van der Waals surface area contributed by atoms with E-state index < -0.39 is 0 Å². The first-order valence-corrected chi connectivity index (χ1v) is 6.96. The lowest BCUT2D eigenvalue weighted by Crippen LogP contribution is -2.45. The van der Waals surface area contributed by atoms with Gasteiger partial charge in [0.15, 0.2) is 0 Å². The Hall–Kier alpha value is -2.15. The maximum atomic E-state index is 12.1. The number of aryl methyl sites for hydroxylation is 1. The average molecular weight is 291 g/mol. The van der Waals surface area contributed by atoms with E-state index in [0.717, 1.165) is 5.69 Å². The fourth-order valence-electron chi connectivity index (χ4n) is 2.01. The van der Waals surface area contributed by atoms with Crippen LogP contribution in [0.2, 0.25) is 0 Å². The lowest BCUT2D eigenvalue weighted by molar-refractivity contribution is -0.118. The molecular formula is C14H21N5O2. The zero-order chi connectivity index (χ0) is 15.4. The molecule has 0 aliphatic carbocycles. The van der Waals surface area contributed by atoms with Crippen molar-refractivity contribution in [2.45, 2.75) is 45.8 Å². The molecule has 2 aromatic rings. The highest BCUT2D eigenvalue weighted by Crippen LogP contribution is 2.11. The molecule has 2 aromatic heterocycles. The molecule has 0 saturated carbocycles. The quantitative estimate of drug-likeness (QED) is 0.847. The van der Waals surface area contributed by atoms with Gasteiger partial charge in [-0.3, -0.25) is 14.8 Å². The highest BCUT2D eigenvalue weighted by molar-refractivity contribution is 5.93. The maximum absolute atomic E-state index is 12.1. The van der Waals surface area contributed by atoms with Crippen molar-refractivity contribution >= 4 is 11.8 Å². The van der Waals surface area contributed by atoms with Gasteiger partial charge in [-0.05, 0) is 33.8 Å². The Morgan fingerprint density at radius 3 is 2.71 bits per heavy atom. The second kappa shape index (κ2) is 6.53. The molecule has 2 rings (SSSR count). The van der Waals surface area contributed by atoms with Gasteiger partial charge in [-0.25, -0.2) is 0 Å². The molecule has 0 spiro atoms. The number of amides is 1. The number of hydrogen-bond donors (Lipinski definition) is 2. The Labute approximate surface area is 123 Å². The van der Waals surface area contributed by atoms with Gasteiger partial charge in [0, 0.05) is 24.5 Å². The van der Waals surface area contributed by atoms with Crippen molar-refractivity contribution in [1.29, 1.82) is 0 Å². The van der Waals surface area contributed by atoms with Crippen molar-refractivity contribution in [2.24, 2.45) is 0 Å². The average Bonchev–Trinajstić information content (AvgIpc) is 3.09. The molecular weight excluding hydrogens is 270 g/mol. The van der Waals surface area contributed by atoms with Gasteiger partial charge in [-0.1, -0.05) is 5.16 Å². The van der Waals surface area contributed by atoms with Crippen molar-refractivity contribution in [3.05, 3.63) is 30.2 Å². The number of carbonyl (C=O) groups is 1. The molecule has 21 heavy (non-hydrogen) atoms. The first-order chi connectivity index (χ1) is 9.97. The van der Waals surface area contributed by atoms with Crippen LogP contribution in [0.15, 0.2) is 29.0 Å². The highest BCUT2D eigenvalue weighted by atomic mass is 16.5. The van der Waals surface area contributed by atoms with Crippen LogP contribution in [0.4, 0.5) is 5.88 Å². The predicted octanol–water partition coefficient (Wildman–Crippen LogP) is 1.75. The second-order valence-electron chi connectivity index (χ2n) is 5.23. The largest absolute Gasteiger partial charge is 0.338 e. The van der Waals surface area contributed by atoms with Crippen LogP contribution >= 0.6 is 0 Å². The van der Waals surface area contributed by atoms with Crippen molar-refractivity contribution in [3.8, 4) is 0 Å². The van der Waals surface area contributed by atoms with E-state index >= 15 is 0 Å². The van der Waals surface area contributed by atoms with Gasteiger partial charge < -0.3 is 9.84 Å². The van der Waals surface area contributed by atoms with Gasteiger partial charge in [0.2, 0.25) is 11.8 Å². The minimum atomic E-state index is -0.358. The summed E-state index contributed by atoms with van der Waals surface area (Å²) in [4.78, 5) is 12.1. The lowest BCUT2D eigenvalue weighted by atomic mass is 10.1. The summed E-state index contributed by atoms with van der Waals surface area (Å²) in [5.74, 6) is 0.199. The van der Waals surface area contributed by atoms with E-state index in [1.54, 1.807) is 19.2 Å². The molecule has 3 atom stereocenters. The minimum Gasteiger partial charge on any atom is -0.338 e. The summed E-state index contributed by atoms with van der Waals surface area (Å²) in [6, 6.07) is 3.43. The van der Waals surface area contributed by atoms with E-state index in [4.69, 9.17) is 4.52 Å². The number of anilines is 1. The molecule has 0 radical (unpaired) electrons. The Kier molecular flexibility index (Phi) is 4.74. The predicted molar refractivity (Wildman–Crippen MR) is 78.9 cm³/mol. The summed E-state index contributed by atoms with van der Waals surface area (Å²) in [5.41, 5.74) is 0.728. The van der Waals surface area contributed by atoms with Crippen LogP contribution in [-0.4, -0.2) is 32.9 Å². The van der Waals surface area contributed by atoms with Crippen molar-refractivity contribution < 1.29 is 9.32 Å². The van der Waals surface area contributed by atoms with Crippen LogP contribution in [0.5, 0.6) is 0 Å². The Bertz CT molecular complexity index is 578. The molecule has 0 bridgehead atoms. The fraction of sp³-hybridized carbons (Fsp3) is 0.500. The van der Waals surface area contributed by atoms with E-state index in [-0.39, 0.29) is 24.0 Å². The van der Waals surface area contributed by atoms with Gasteiger partial charge in [-0.2, -0.15) is 5.10 Å². The van der Waals surface area contributed by atoms with Gasteiger partial charge in [0.25, 0.3) is 0 Å². The molecule has 114 valence electrons. The number of hydrogen-bond acceptors (Lipinski definition) is 5. The second-order valence-corrected chi connectivity index (χ2v) is 5.23. The van der Waals surface area contributed by atoms with Crippen molar-refractivity contribution in [1.82, 2.24) is 20.3 Å². The maximum Gasteiger partial charge on any atom is 0.243 e. The Morgan fingerprint density at radius 2 is 2.14 bits per heavy atom. The summed E-state index contributed by atoms with van der Waals surface area (Å²) in [6.45, 7) is 7.68. The van der Waals surface area contributed by atoms with Crippen molar-refractivity contribution in [2.75, 3.05) is 5.32 Å². The lowest BCUT2D eigenvalue weighted by Gasteiger charge is -2.24. The molecule has 2 heterocycles. The Morgan fingerprint density at radius 1 is 1.38 bits per heavy atom. The molecule has 0 fully saturated rings. The first-order valence-electron chi connectivity index (χ1n) is 6.96. The van der Waals surface area contributed by atoms with Crippen LogP contribution in [-0.2, 0) is 4.79 Å². The Balaban J connectivity index is 1.88. The van der Waals surface area contributed by atoms with E-state index in [2.05, 4.69) is 27.8 Å². The normalized spacial score (nSPS) is 15.4. The van der Waals surface area contributed by atoms with Gasteiger partial charge in [0.05, 0.1) is 17.8 Å². The summed E-state index contributed by atoms with van der Waals surface area (Å²) < 4.78 is 6.84. The van der Waals surface area contributed by atoms with Gasteiger partial charge in [0.1, 0.15) is 0 Å². The zero-order valence-electron chi connectivity index (χ0n) is 12.7. The third kappa shape index (κ3) is 3.91. The number of rotatable bonds is 6. The summed E-state index contributed by atoms with van der Waals surface area (Å²) in [5, 5.41) is 13.9. The molecule has 0 saturated heterocycles. The van der Waals surface area contributed by atoms with Crippen molar-refractivity contribution in [3.63, 3.8) is 0 Å². The van der Waals surface area contributed by atoms with Gasteiger partial charge >= 0.3 is 0 Å². The van der Waals surface area contributed by atoms with Crippen LogP contribution in [0.3, 0.4) is 0 Å². The molecule has 1 amide bonds. The van der Waals surface area contributed by atoms with Crippen LogP contribution in [0.1, 0.15) is 32.5 Å². The van der Waals surface area contributed by atoms with Crippen LogP contribution in [0, 0.1) is 6.92 Å². The summed E-state index contributed by atoms with van der Waals surface area (Å²) >= 11 is 0. The monoisotopic (exact) mass is 291 g/mol. The van der Waals surface area contributed by atoms with Crippen LogP contribution in [0.25, 0.3) is 0 Å². The number of nitrogens with one attached hydrogen (secondary N) is 2. The third-order valence-electron chi connectivity index (χ3n) is 3.45. The van der Waals surface area contributed by atoms with E-state index in [1.165, 1.54) is 0 Å². The molecule has 7 heteroatoms. The van der Waals surface area contributed by atoms with Crippen LogP contribution < -0.4 is 10.6 Å².